The van der Waals surface area contributed by atoms with Gasteiger partial charge in [0.05, 0.1) is 11.6 Å². The standard InChI is InChI=1S/C20H20N3O5/c24-18-3-1-2-16-12-6-13(10-21(16)18)19-15(20(25)26)8-11-7-14(23(27)28)4-5-17(11)22(19)9-12/h1-5,7,12-13,15,19,27H,6,8-10H2,(H,25,26)/q-1/t12-,13-,15+,19-/m1/s1. The molecule has 8 heteroatoms. The van der Waals surface area contributed by atoms with Gasteiger partial charge in [0, 0.05) is 42.5 Å². The van der Waals surface area contributed by atoms with Crippen LogP contribution in [0.2, 0.25) is 0 Å². The number of nitrogens with zero attached hydrogens (tertiary/aromatic N) is 3. The number of anilines is 2. The van der Waals surface area contributed by atoms with Gasteiger partial charge in [-0.1, -0.05) is 6.07 Å². The number of carbonyl (C=O) groups is 1. The molecule has 2 N–H and O–H groups in total. The third kappa shape index (κ3) is 2.45. The van der Waals surface area contributed by atoms with Gasteiger partial charge in [0.1, 0.15) is 0 Å². The highest BCUT2D eigenvalue weighted by molar-refractivity contribution is 5.76. The van der Waals surface area contributed by atoms with Crippen molar-refractivity contribution in [2.75, 3.05) is 16.7 Å². The first kappa shape index (κ1) is 17.3. The van der Waals surface area contributed by atoms with Gasteiger partial charge in [0.15, 0.2) is 0 Å². The lowest BCUT2D eigenvalue weighted by atomic mass is 9.70. The van der Waals surface area contributed by atoms with Crippen LogP contribution in [-0.2, 0) is 17.8 Å². The molecule has 3 aliphatic rings. The van der Waals surface area contributed by atoms with E-state index in [1.807, 2.05) is 6.07 Å². The normalized spacial score (nSPS) is 27.4. The summed E-state index contributed by atoms with van der Waals surface area (Å²) >= 11 is 0. The molecule has 8 nitrogen and oxygen atoms in total. The van der Waals surface area contributed by atoms with Crippen molar-refractivity contribution in [2.45, 2.75) is 31.3 Å². The maximum atomic E-state index is 12.3. The van der Waals surface area contributed by atoms with Crippen molar-refractivity contribution >= 4 is 17.3 Å². The maximum Gasteiger partial charge on any atom is 0.308 e. The Morgan fingerprint density at radius 1 is 1.21 bits per heavy atom. The van der Waals surface area contributed by atoms with Gasteiger partial charge in [-0.3, -0.25) is 14.8 Å². The van der Waals surface area contributed by atoms with Crippen molar-refractivity contribution in [1.29, 1.82) is 0 Å². The number of carboxylic acid groups (broad SMARTS) is 1. The van der Waals surface area contributed by atoms with E-state index in [4.69, 9.17) is 0 Å². The smallest absolute Gasteiger partial charge is 0.308 e. The van der Waals surface area contributed by atoms with E-state index in [2.05, 4.69) is 4.90 Å². The highest BCUT2D eigenvalue weighted by Crippen LogP contribution is 2.47. The van der Waals surface area contributed by atoms with Crippen LogP contribution in [0.4, 0.5) is 11.4 Å². The second kappa shape index (κ2) is 6.08. The summed E-state index contributed by atoms with van der Waals surface area (Å²) in [6.45, 7) is 1.15. The van der Waals surface area contributed by atoms with Crippen molar-refractivity contribution < 1.29 is 15.1 Å². The summed E-state index contributed by atoms with van der Waals surface area (Å²) in [6.07, 6.45) is 1.16. The van der Waals surface area contributed by atoms with E-state index in [9.17, 15) is 25.1 Å². The molecule has 28 heavy (non-hydrogen) atoms. The maximum absolute atomic E-state index is 12.3. The lowest BCUT2D eigenvalue weighted by Crippen LogP contribution is -2.60. The van der Waals surface area contributed by atoms with E-state index >= 15 is 0 Å². The molecule has 5 rings (SSSR count). The molecule has 3 aliphatic heterocycles. The third-order valence-corrected chi connectivity index (χ3v) is 6.53. The summed E-state index contributed by atoms with van der Waals surface area (Å²) in [5.74, 6) is -1.29. The molecule has 0 aliphatic carbocycles. The third-order valence-electron chi connectivity index (χ3n) is 6.53. The van der Waals surface area contributed by atoms with Crippen LogP contribution in [0, 0.1) is 17.0 Å². The van der Waals surface area contributed by atoms with Gasteiger partial charge in [0.25, 0.3) is 5.56 Å². The molecule has 1 fully saturated rings. The molecule has 0 radical (unpaired) electrons. The molecule has 4 heterocycles. The van der Waals surface area contributed by atoms with Crippen LogP contribution in [0.5, 0.6) is 0 Å². The summed E-state index contributed by atoms with van der Waals surface area (Å²) in [7, 11) is 0. The minimum Gasteiger partial charge on any atom is -0.733 e. The zero-order valence-corrected chi connectivity index (χ0v) is 15.1. The van der Waals surface area contributed by atoms with Crippen molar-refractivity contribution in [3.8, 4) is 0 Å². The number of rotatable bonds is 2. The highest BCUT2D eigenvalue weighted by atomic mass is 16.8. The van der Waals surface area contributed by atoms with Crippen LogP contribution in [0.1, 0.15) is 23.6 Å². The zero-order chi connectivity index (χ0) is 19.6. The molecule has 0 amide bonds. The monoisotopic (exact) mass is 382 g/mol. The Balaban J connectivity index is 1.63. The van der Waals surface area contributed by atoms with Crippen molar-refractivity contribution in [3.63, 3.8) is 0 Å². The lowest BCUT2D eigenvalue weighted by Gasteiger charge is -2.54. The molecule has 2 bridgehead atoms. The topological polar surface area (TPSA) is 109 Å². The van der Waals surface area contributed by atoms with E-state index in [1.54, 1.807) is 34.9 Å². The average molecular weight is 382 g/mol. The molecule has 0 spiro atoms. The quantitative estimate of drug-likeness (QED) is 0.762. The molecule has 2 aromatic rings. The molecule has 0 saturated carbocycles. The van der Waals surface area contributed by atoms with Gasteiger partial charge >= 0.3 is 5.97 Å². The van der Waals surface area contributed by atoms with Crippen molar-refractivity contribution in [2.24, 2.45) is 11.8 Å². The Kier molecular flexibility index (Phi) is 3.75. The summed E-state index contributed by atoms with van der Waals surface area (Å²) < 4.78 is 1.80. The summed E-state index contributed by atoms with van der Waals surface area (Å²) in [4.78, 5) is 26.6. The van der Waals surface area contributed by atoms with Crippen LogP contribution in [0.3, 0.4) is 0 Å². The molecule has 1 saturated heterocycles. The predicted molar refractivity (Wildman–Crippen MR) is 102 cm³/mol. The van der Waals surface area contributed by atoms with Crippen molar-refractivity contribution in [1.82, 2.24) is 4.57 Å². The largest absolute Gasteiger partial charge is 0.733 e. The number of aliphatic carboxylic acids is 1. The molecule has 0 unspecified atom stereocenters. The highest BCUT2D eigenvalue weighted by Gasteiger charge is 2.49. The second-order valence-electron chi connectivity index (χ2n) is 7.97. The Labute approximate surface area is 160 Å². The first-order chi connectivity index (χ1) is 13.4. The van der Waals surface area contributed by atoms with E-state index in [0.29, 0.717) is 19.5 Å². The van der Waals surface area contributed by atoms with E-state index < -0.39 is 11.9 Å². The number of piperidine rings is 1. The number of hydrogen-bond donors (Lipinski definition) is 2. The molecular weight excluding hydrogens is 362 g/mol. The number of hydrogen-bond acceptors (Lipinski definition) is 6. The molecule has 1 aromatic carbocycles. The number of aromatic nitrogens is 1. The average Bonchev–Trinajstić information content (AvgIpc) is 2.67. The fourth-order valence-corrected chi connectivity index (χ4v) is 5.44. The van der Waals surface area contributed by atoms with Crippen LogP contribution in [-0.4, -0.2) is 33.4 Å². The predicted octanol–water partition coefficient (Wildman–Crippen LogP) is 1.79. The summed E-state index contributed by atoms with van der Waals surface area (Å²) in [5, 5.41) is 30.2. The molecule has 4 atom stereocenters. The zero-order valence-electron chi connectivity index (χ0n) is 15.1. The number of carboxylic acids is 1. The number of fused-ring (bicyclic) bond motifs is 8. The van der Waals surface area contributed by atoms with Gasteiger partial charge < -0.3 is 25.0 Å². The number of benzene rings is 1. The molecule has 1 aromatic heterocycles. The van der Waals surface area contributed by atoms with E-state index in [-0.39, 0.29) is 34.4 Å². The Morgan fingerprint density at radius 3 is 2.79 bits per heavy atom. The minimum atomic E-state index is -0.876. The lowest BCUT2D eigenvalue weighted by molar-refractivity contribution is -0.143. The van der Waals surface area contributed by atoms with E-state index in [1.165, 1.54) is 0 Å². The molecular formula is C20H20N3O5-. The Hall–Kier alpha value is -2.84. The van der Waals surface area contributed by atoms with Crippen LogP contribution in [0.15, 0.2) is 41.2 Å². The first-order valence-corrected chi connectivity index (χ1v) is 9.42. The second-order valence-corrected chi connectivity index (χ2v) is 7.97. The van der Waals surface area contributed by atoms with Crippen LogP contribution < -0.4 is 15.7 Å². The van der Waals surface area contributed by atoms with Crippen LogP contribution >= 0.6 is 0 Å². The number of pyridine rings is 1. The minimum absolute atomic E-state index is 0.0353. The van der Waals surface area contributed by atoms with Gasteiger partial charge in [-0.2, -0.15) is 0 Å². The fraction of sp³-hybridized carbons (Fsp3) is 0.400. The fourth-order valence-electron chi connectivity index (χ4n) is 5.44. The first-order valence-electron chi connectivity index (χ1n) is 9.42. The van der Waals surface area contributed by atoms with Gasteiger partial charge in [-0.25, -0.2) is 0 Å². The van der Waals surface area contributed by atoms with Crippen LogP contribution in [0.25, 0.3) is 0 Å². The molecule has 146 valence electrons. The summed E-state index contributed by atoms with van der Waals surface area (Å²) in [6, 6.07) is 10.0. The van der Waals surface area contributed by atoms with E-state index in [0.717, 1.165) is 23.4 Å². The van der Waals surface area contributed by atoms with Gasteiger partial charge in [-0.05, 0) is 48.6 Å². The SMILES string of the molecule is O=C(O)[C@H]1Cc2cc(N([O-])O)ccc2N2C[C@H]3C[C@H](Cn4c3cccc4=O)[C@H]12. The summed E-state index contributed by atoms with van der Waals surface area (Å²) in [5.41, 5.74) is 2.72. The Morgan fingerprint density at radius 2 is 2.04 bits per heavy atom. The van der Waals surface area contributed by atoms with Crippen molar-refractivity contribution in [3.05, 3.63) is 63.2 Å². The Bertz CT molecular complexity index is 1020. The van der Waals surface area contributed by atoms with Gasteiger partial charge in [-0.15, -0.1) is 0 Å². The van der Waals surface area contributed by atoms with Gasteiger partial charge in [0.2, 0.25) is 0 Å².